The Morgan fingerprint density at radius 2 is 1.81 bits per heavy atom. The molecule has 0 unspecified atom stereocenters. The van der Waals surface area contributed by atoms with Gasteiger partial charge in [0.2, 0.25) is 5.43 Å². The molecule has 0 saturated carbocycles. The highest BCUT2D eigenvalue weighted by molar-refractivity contribution is 9.10. The van der Waals surface area contributed by atoms with Gasteiger partial charge < -0.3 is 5.32 Å². The van der Waals surface area contributed by atoms with Gasteiger partial charge in [0.15, 0.2) is 5.69 Å². The van der Waals surface area contributed by atoms with E-state index in [2.05, 4.69) is 26.3 Å². The van der Waals surface area contributed by atoms with Crippen molar-refractivity contribution in [3.05, 3.63) is 86.2 Å². The normalized spacial score (nSPS) is 10.9. The molecule has 5 nitrogen and oxygen atoms in total. The van der Waals surface area contributed by atoms with Crippen molar-refractivity contribution >= 4 is 27.5 Å². The van der Waals surface area contributed by atoms with Crippen LogP contribution in [0.5, 0.6) is 0 Å². The average molecular weight is 426 g/mol. The van der Waals surface area contributed by atoms with Gasteiger partial charge in [-0.3, -0.25) is 9.59 Å². The van der Waals surface area contributed by atoms with Crippen LogP contribution < -0.4 is 10.7 Å². The van der Waals surface area contributed by atoms with Crippen molar-refractivity contribution in [2.45, 2.75) is 26.7 Å². The summed E-state index contributed by atoms with van der Waals surface area (Å²) in [5.41, 5.74) is 2.53. The number of aryl methyl sites for hydroxylation is 1. The predicted octanol–water partition coefficient (Wildman–Crippen LogP) is 4.68. The summed E-state index contributed by atoms with van der Waals surface area (Å²) in [6.07, 6.45) is 0. The first-order valence-corrected chi connectivity index (χ1v) is 9.44. The minimum Gasteiger partial charge on any atom is -0.319 e. The Bertz CT molecular complexity index is 1040. The number of carbonyl (C=O) groups excluding carboxylic acids is 1. The van der Waals surface area contributed by atoms with E-state index in [0.29, 0.717) is 11.4 Å². The Morgan fingerprint density at radius 3 is 2.48 bits per heavy atom. The van der Waals surface area contributed by atoms with Crippen LogP contribution in [0, 0.1) is 6.92 Å². The number of para-hydroxylation sites is 2. The molecule has 1 N–H and O–H groups in total. The molecule has 27 heavy (non-hydrogen) atoms. The van der Waals surface area contributed by atoms with Gasteiger partial charge >= 0.3 is 0 Å². The van der Waals surface area contributed by atoms with Crippen LogP contribution in [0.4, 0.5) is 5.69 Å². The molecule has 0 aliphatic rings. The molecule has 0 aliphatic carbocycles. The van der Waals surface area contributed by atoms with Crippen LogP contribution in [0.3, 0.4) is 0 Å². The first-order valence-electron chi connectivity index (χ1n) is 8.64. The summed E-state index contributed by atoms with van der Waals surface area (Å²) in [7, 11) is 0. The standard InChI is InChI=1S/C21H20BrN3O2/c1-13(2)16-10-7-11-17(22)19(16)23-21(27)20-18(26)12-14(3)25(24-20)15-8-5-4-6-9-15/h4-13H,1-3H3,(H,23,27). The Balaban J connectivity index is 2.03. The first kappa shape index (κ1) is 19.0. The van der Waals surface area contributed by atoms with E-state index in [0.717, 1.165) is 15.7 Å². The number of rotatable bonds is 4. The molecular formula is C21H20BrN3O2. The van der Waals surface area contributed by atoms with E-state index in [-0.39, 0.29) is 11.6 Å². The van der Waals surface area contributed by atoms with Crippen molar-refractivity contribution in [3.8, 4) is 5.69 Å². The Labute approximate surface area is 166 Å². The number of hydrogen-bond acceptors (Lipinski definition) is 3. The van der Waals surface area contributed by atoms with Gasteiger partial charge in [0.25, 0.3) is 5.91 Å². The summed E-state index contributed by atoms with van der Waals surface area (Å²) in [4.78, 5) is 25.3. The molecule has 6 heteroatoms. The van der Waals surface area contributed by atoms with Crippen molar-refractivity contribution in [2.75, 3.05) is 5.32 Å². The predicted molar refractivity (Wildman–Crippen MR) is 111 cm³/mol. The van der Waals surface area contributed by atoms with Crippen molar-refractivity contribution in [1.29, 1.82) is 0 Å². The molecular weight excluding hydrogens is 406 g/mol. The van der Waals surface area contributed by atoms with Gasteiger partial charge in [0, 0.05) is 16.2 Å². The van der Waals surface area contributed by atoms with Crippen molar-refractivity contribution in [2.24, 2.45) is 0 Å². The van der Waals surface area contributed by atoms with Gasteiger partial charge in [0.1, 0.15) is 0 Å². The highest BCUT2D eigenvalue weighted by Crippen LogP contribution is 2.31. The lowest BCUT2D eigenvalue weighted by molar-refractivity contribution is 0.101. The number of amides is 1. The number of halogens is 1. The number of hydrogen-bond donors (Lipinski definition) is 1. The van der Waals surface area contributed by atoms with Crippen LogP contribution in [-0.2, 0) is 0 Å². The molecule has 1 aromatic heterocycles. The molecule has 138 valence electrons. The third kappa shape index (κ3) is 4.01. The van der Waals surface area contributed by atoms with Gasteiger partial charge in [-0.1, -0.05) is 44.2 Å². The van der Waals surface area contributed by atoms with Crippen LogP contribution >= 0.6 is 15.9 Å². The zero-order valence-electron chi connectivity index (χ0n) is 15.4. The monoisotopic (exact) mass is 425 g/mol. The van der Waals surface area contributed by atoms with E-state index in [4.69, 9.17) is 0 Å². The lowest BCUT2D eigenvalue weighted by Crippen LogP contribution is -2.27. The number of nitrogens with one attached hydrogen (secondary N) is 1. The third-order valence-corrected chi connectivity index (χ3v) is 4.89. The molecule has 0 bridgehead atoms. The number of nitrogens with zero attached hydrogens (tertiary/aromatic N) is 2. The maximum absolute atomic E-state index is 12.8. The van der Waals surface area contributed by atoms with Gasteiger partial charge in [-0.2, -0.15) is 5.10 Å². The molecule has 2 aromatic carbocycles. The molecule has 3 aromatic rings. The van der Waals surface area contributed by atoms with E-state index < -0.39 is 11.3 Å². The summed E-state index contributed by atoms with van der Waals surface area (Å²) >= 11 is 3.48. The van der Waals surface area contributed by atoms with Gasteiger partial charge in [-0.15, -0.1) is 0 Å². The van der Waals surface area contributed by atoms with Gasteiger partial charge in [-0.25, -0.2) is 4.68 Å². The van der Waals surface area contributed by atoms with Gasteiger partial charge in [0.05, 0.1) is 11.4 Å². The summed E-state index contributed by atoms with van der Waals surface area (Å²) in [6, 6.07) is 16.6. The smallest absolute Gasteiger partial charge is 0.280 e. The topological polar surface area (TPSA) is 64.0 Å². The molecule has 0 saturated heterocycles. The SMILES string of the molecule is Cc1cc(=O)c(C(=O)Nc2c(Br)cccc2C(C)C)nn1-c1ccccc1. The molecule has 1 amide bonds. The fourth-order valence-electron chi connectivity index (χ4n) is 2.86. The van der Waals surface area contributed by atoms with Crippen molar-refractivity contribution in [1.82, 2.24) is 9.78 Å². The second kappa shape index (κ2) is 7.88. The fourth-order valence-corrected chi connectivity index (χ4v) is 3.34. The number of benzene rings is 2. The second-order valence-corrected chi connectivity index (χ2v) is 7.41. The summed E-state index contributed by atoms with van der Waals surface area (Å²) in [5.74, 6) is -0.316. The maximum atomic E-state index is 12.8. The van der Waals surface area contributed by atoms with E-state index in [1.54, 1.807) is 11.6 Å². The molecule has 1 heterocycles. The Hall–Kier alpha value is -2.73. The van der Waals surface area contributed by atoms with Gasteiger partial charge in [-0.05, 0) is 52.5 Å². The maximum Gasteiger partial charge on any atom is 0.280 e. The quantitative estimate of drug-likeness (QED) is 0.659. The molecule has 0 aliphatic heterocycles. The van der Waals surface area contributed by atoms with Crippen LogP contribution in [-0.4, -0.2) is 15.7 Å². The lowest BCUT2D eigenvalue weighted by atomic mass is 10.0. The van der Waals surface area contributed by atoms with Crippen LogP contribution in [0.15, 0.2) is 63.9 Å². The molecule has 0 atom stereocenters. The van der Waals surface area contributed by atoms with E-state index in [9.17, 15) is 9.59 Å². The number of anilines is 1. The summed E-state index contributed by atoms with van der Waals surface area (Å²) < 4.78 is 2.36. The zero-order valence-corrected chi connectivity index (χ0v) is 16.9. The highest BCUT2D eigenvalue weighted by atomic mass is 79.9. The molecule has 0 fully saturated rings. The number of carbonyl (C=O) groups is 1. The first-order chi connectivity index (χ1) is 12.9. The van der Waals surface area contributed by atoms with E-state index in [1.807, 2.05) is 62.4 Å². The molecule has 0 radical (unpaired) electrons. The third-order valence-electron chi connectivity index (χ3n) is 4.23. The number of aromatic nitrogens is 2. The minimum atomic E-state index is -0.529. The fraction of sp³-hybridized carbons (Fsp3) is 0.190. The summed E-state index contributed by atoms with van der Waals surface area (Å²) in [5, 5.41) is 7.17. The lowest BCUT2D eigenvalue weighted by Gasteiger charge is -2.16. The van der Waals surface area contributed by atoms with E-state index >= 15 is 0 Å². The Morgan fingerprint density at radius 1 is 1.11 bits per heavy atom. The van der Waals surface area contributed by atoms with Crippen molar-refractivity contribution < 1.29 is 4.79 Å². The molecule has 3 rings (SSSR count). The average Bonchev–Trinajstić information content (AvgIpc) is 2.64. The Kier molecular flexibility index (Phi) is 5.56. The summed E-state index contributed by atoms with van der Waals surface area (Å²) in [6.45, 7) is 5.88. The minimum absolute atomic E-state index is 0.144. The van der Waals surface area contributed by atoms with Crippen LogP contribution in [0.1, 0.15) is 41.5 Å². The van der Waals surface area contributed by atoms with Crippen LogP contribution in [0.25, 0.3) is 5.69 Å². The molecule has 0 spiro atoms. The zero-order chi connectivity index (χ0) is 19.6. The second-order valence-electron chi connectivity index (χ2n) is 6.56. The highest BCUT2D eigenvalue weighted by Gasteiger charge is 2.19. The van der Waals surface area contributed by atoms with Crippen molar-refractivity contribution in [3.63, 3.8) is 0 Å². The van der Waals surface area contributed by atoms with E-state index in [1.165, 1.54) is 6.07 Å². The van der Waals surface area contributed by atoms with Crippen LogP contribution in [0.2, 0.25) is 0 Å². The largest absolute Gasteiger partial charge is 0.319 e.